The maximum Gasteiger partial charge on any atom is 0.0703 e. The van der Waals surface area contributed by atoms with Crippen LogP contribution in [0.25, 0.3) is 10.9 Å². The Balaban J connectivity index is 1.90. The van der Waals surface area contributed by atoms with Crippen molar-refractivity contribution in [3.8, 4) is 0 Å². The van der Waals surface area contributed by atoms with Gasteiger partial charge in [-0.05, 0) is 36.6 Å². The van der Waals surface area contributed by atoms with E-state index in [4.69, 9.17) is 5.73 Å². The molecule has 94 valence electrons. The molecule has 2 aromatic rings. The van der Waals surface area contributed by atoms with Crippen LogP contribution in [0, 0.1) is 5.92 Å². The number of aromatic nitrogens is 1. The highest BCUT2D eigenvalue weighted by atomic mass is 15.1. The highest BCUT2D eigenvalue weighted by molar-refractivity contribution is 5.82. The molecule has 3 heteroatoms. The maximum absolute atomic E-state index is 6.07. The van der Waals surface area contributed by atoms with Crippen molar-refractivity contribution < 1.29 is 0 Å². The molecule has 0 radical (unpaired) electrons. The lowest BCUT2D eigenvalue weighted by Crippen LogP contribution is -2.45. The van der Waals surface area contributed by atoms with Gasteiger partial charge in [-0.3, -0.25) is 4.98 Å². The first-order valence-electron chi connectivity index (χ1n) is 6.59. The van der Waals surface area contributed by atoms with Gasteiger partial charge in [0, 0.05) is 36.4 Å². The third-order valence-electron chi connectivity index (χ3n) is 3.92. The minimum atomic E-state index is 0.350. The van der Waals surface area contributed by atoms with E-state index in [1.165, 1.54) is 11.1 Å². The van der Waals surface area contributed by atoms with E-state index >= 15 is 0 Å². The predicted molar refractivity (Wildman–Crippen MR) is 75.7 cm³/mol. The molecule has 1 aromatic carbocycles. The van der Waals surface area contributed by atoms with Crippen LogP contribution in [-0.4, -0.2) is 24.1 Å². The van der Waals surface area contributed by atoms with Gasteiger partial charge in [0.2, 0.25) is 0 Å². The molecule has 1 aliphatic rings. The number of pyridine rings is 1. The first-order chi connectivity index (χ1) is 8.74. The molecule has 2 unspecified atom stereocenters. The lowest BCUT2D eigenvalue weighted by atomic mass is 9.94. The van der Waals surface area contributed by atoms with Gasteiger partial charge in [-0.2, -0.15) is 0 Å². The summed E-state index contributed by atoms with van der Waals surface area (Å²) in [6.45, 7) is 4.34. The molecule has 0 aliphatic carbocycles. The summed E-state index contributed by atoms with van der Waals surface area (Å²) in [6.07, 6.45) is 2.91. The molecule has 18 heavy (non-hydrogen) atoms. The smallest absolute Gasteiger partial charge is 0.0703 e. The summed E-state index contributed by atoms with van der Waals surface area (Å²) in [6, 6.07) is 10.9. The second kappa shape index (κ2) is 4.58. The number of piperidine rings is 1. The summed E-state index contributed by atoms with van der Waals surface area (Å²) in [4.78, 5) is 6.79. The Morgan fingerprint density at radius 1 is 1.33 bits per heavy atom. The van der Waals surface area contributed by atoms with Gasteiger partial charge in [-0.25, -0.2) is 0 Å². The lowest BCUT2D eigenvalue weighted by Gasteiger charge is -2.36. The molecule has 1 aromatic heterocycles. The molecule has 0 saturated carbocycles. The Kier molecular flexibility index (Phi) is 2.92. The predicted octanol–water partition coefficient (Wildman–Crippen LogP) is 2.41. The van der Waals surface area contributed by atoms with Gasteiger partial charge in [0.05, 0.1) is 5.52 Å². The number of anilines is 1. The van der Waals surface area contributed by atoms with Gasteiger partial charge >= 0.3 is 0 Å². The standard InChI is InChI=1S/C15H19N3/c1-11-10-18(8-6-14(11)16)13-4-5-15-12(9-13)3-2-7-17-15/h2-5,7,9,11,14H,6,8,10,16H2,1H3. The third-order valence-corrected chi connectivity index (χ3v) is 3.92. The average molecular weight is 241 g/mol. The zero-order valence-electron chi connectivity index (χ0n) is 10.7. The average Bonchev–Trinajstić information content (AvgIpc) is 2.41. The number of nitrogens with two attached hydrogens (primary N) is 1. The summed E-state index contributed by atoms with van der Waals surface area (Å²) in [5, 5.41) is 1.21. The number of fused-ring (bicyclic) bond motifs is 1. The van der Waals surface area contributed by atoms with Crippen LogP contribution in [0.1, 0.15) is 13.3 Å². The van der Waals surface area contributed by atoms with Crippen LogP contribution in [0.5, 0.6) is 0 Å². The molecule has 2 heterocycles. The third kappa shape index (κ3) is 2.06. The number of rotatable bonds is 1. The van der Waals surface area contributed by atoms with E-state index in [1.807, 2.05) is 12.3 Å². The fourth-order valence-corrected chi connectivity index (χ4v) is 2.66. The van der Waals surface area contributed by atoms with Crippen molar-refractivity contribution in [3.05, 3.63) is 36.5 Å². The largest absolute Gasteiger partial charge is 0.371 e. The molecule has 3 rings (SSSR count). The van der Waals surface area contributed by atoms with E-state index < -0.39 is 0 Å². The Hall–Kier alpha value is -1.61. The van der Waals surface area contributed by atoms with Gasteiger partial charge in [0.1, 0.15) is 0 Å². The van der Waals surface area contributed by atoms with Gasteiger partial charge in [0.25, 0.3) is 0 Å². The zero-order chi connectivity index (χ0) is 12.5. The fourth-order valence-electron chi connectivity index (χ4n) is 2.66. The molecule has 1 fully saturated rings. The normalized spacial score (nSPS) is 24.4. The van der Waals surface area contributed by atoms with E-state index in [0.717, 1.165) is 25.0 Å². The van der Waals surface area contributed by atoms with E-state index in [9.17, 15) is 0 Å². The summed E-state index contributed by atoms with van der Waals surface area (Å²) in [5.41, 5.74) is 8.42. The molecule has 0 bridgehead atoms. The van der Waals surface area contributed by atoms with Crippen LogP contribution in [0.3, 0.4) is 0 Å². The van der Waals surface area contributed by atoms with Crippen molar-refractivity contribution in [2.24, 2.45) is 11.7 Å². The maximum atomic E-state index is 6.07. The monoisotopic (exact) mass is 241 g/mol. The Morgan fingerprint density at radius 2 is 2.22 bits per heavy atom. The summed E-state index contributed by atoms with van der Waals surface area (Å²) >= 11 is 0. The molecule has 0 amide bonds. The SMILES string of the molecule is CC1CN(c2ccc3ncccc3c2)CCC1N. The van der Waals surface area contributed by atoms with E-state index in [1.54, 1.807) is 0 Å². The molecule has 3 nitrogen and oxygen atoms in total. The molecule has 0 spiro atoms. The van der Waals surface area contributed by atoms with Crippen molar-refractivity contribution in [2.75, 3.05) is 18.0 Å². The van der Waals surface area contributed by atoms with Crippen molar-refractivity contribution >= 4 is 16.6 Å². The van der Waals surface area contributed by atoms with Crippen LogP contribution >= 0.6 is 0 Å². The first kappa shape index (κ1) is 11.5. The molecule has 2 atom stereocenters. The van der Waals surface area contributed by atoms with Crippen molar-refractivity contribution in [3.63, 3.8) is 0 Å². The number of nitrogens with zero attached hydrogens (tertiary/aromatic N) is 2. The van der Waals surface area contributed by atoms with Gasteiger partial charge in [-0.15, -0.1) is 0 Å². The van der Waals surface area contributed by atoms with E-state index in [0.29, 0.717) is 12.0 Å². The topological polar surface area (TPSA) is 42.2 Å². The fraction of sp³-hybridized carbons (Fsp3) is 0.400. The summed E-state index contributed by atoms with van der Waals surface area (Å²) in [7, 11) is 0. The molecule has 2 N–H and O–H groups in total. The van der Waals surface area contributed by atoms with E-state index in [-0.39, 0.29) is 0 Å². The van der Waals surface area contributed by atoms with Crippen molar-refractivity contribution in [2.45, 2.75) is 19.4 Å². The first-order valence-corrected chi connectivity index (χ1v) is 6.59. The number of hydrogen-bond acceptors (Lipinski definition) is 3. The molecule has 1 saturated heterocycles. The second-order valence-corrected chi connectivity index (χ2v) is 5.26. The van der Waals surface area contributed by atoms with Crippen molar-refractivity contribution in [1.82, 2.24) is 4.98 Å². The second-order valence-electron chi connectivity index (χ2n) is 5.26. The molecule has 1 aliphatic heterocycles. The summed E-state index contributed by atoms with van der Waals surface area (Å²) in [5.74, 6) is 0.559. The molecular formula is C15H19N3. The Morgan fingerprint density at radius 3 is 3.06 bits per heavy atom. The highest BCUT2D eigenvalue weighted by Crippen LogP contribution is 2.25. The molecular weight excluding hydrogens is 222 g/mol. The van der Waals surface area contributed by atoms with Crippen LogP contribution in [0.4, 0.5) is 5.69 Å². The minimum absolute atomic E-state index is 0.350. The van der Waals surface area contributed by atoms with Gasteiger partial charge in [0.15, 0.2) is 0 Å². The zero-order valence-corrected chi connectivity index (χ0v) is 10.7. The van der Waals surface area contributed by atoms with Crippen LogP contribution in [0.2, 0.25) is 0 Å². The Bertz CT molecular complexity index is 552. The van der Waals surface area contributed by atoms with E-state index in [2.05, 4.69) is 41.1 Å². The van der Waals surface area contributed by atoms with Crippen LogP contribution in [-0.2, 0) is 0 Å². The van der Waals surface area contributed by atoms with Gasteiger partial charge < -0.3 is 10.6 Å². The van der Waals surface area contributed by atoms with Crippen LogP contribution < -0.4 is 10.6 Å². The highest BCUT2D eigenvalue weighted by Gasteiger charge is 2.23. The minimum Gasteiger partial charge on any atom is -0.371 e. The quantitative estimate of drug-likeness (QED) is 0.833. The summed E-state index contributed by atoms with van der Waals surface area (Å²) < 4.78 is 0. The lowest BCUT2D eigenvalue weighted by molar-refractivity contribution is 0.383. The van der Waals surface area contributed by atoms with Crippen molar-refractivity contribution in [1.29, 1.82) is 0 Å². The number of hydrogen-bond donors (Lipinski definition) is 1. The Labute approximate surface area is 108 Å². The number of benzene rings is 1. The van der Waals surface area contributed by atoms with Gasteiger partial charge in [-0.1, -0.05) is 13.0 Å². The van der Waals surface area contributed by atoms with Crippen LogP contribution in [0.15, 0.2) is 36.5 Å².